The molecule has 0 aliphatic heterocycles. The standard InChI is InChI=1S/C28H32N2O6/c1-3-33-15-17-35-23-11-7-9-21(19-23)27(31)29-25-13-5-6-14-26(25)30-28(32)22-10-8-12-24(20-22)36-18-16-34-4-2/h5-14,19-20H,3-4,15-18H2,1-2H3,(H,29,31)(H,30,32). The number of para-hydroxylation sites is 2. The molecule has 36 heavy (non-hydrogen) atoms. The van der Waals surface area contributed by atoms with E-state index >= 15 is 0 Å². The number of anilines is 2. The van der Waals surface area contributed by atoms with Crippen molar-refractivity contribution in [1.82, 2.24) is 0 Å². The Hall–Kier alpha value is -3.88. The molecule has 0 unspecified atom stereocenters. The molecule has 0 aliphatic carbocycles. The van der Waals surface area contributed by atoms with Gasteiger partial charge in [0.15, 0.2) is 0 Å². The second kappa shape index (κ2) is 14.5. The molecule has 0 radical (unpaired) electrons. The largest absolute Gasteiger partial charge is 0.491 e. The van der Waals surface area contributed by atoms with E-state index in [-0.39, 0.29) is 11.8 Å². The van der Waals surface area contributed by atoms with Crippen molar-refractivity contribution in [2.45, 2.75) is 13.8 Å². The van der Waals surface area contributed by atoms with Crippen LogP contribution < -0.4 is 20.1 Å². The van der Waals surface area contributed by atoms with E-state index in [0.717, 1.165) is 0 Å². The number of rotatable bonds is 14. The zero-order valence-corrected chi connectivity index (χ0v) is 20.6. The summed E-state index contributed by atoms with van der Waals surface area (Å²) in [6, 6.07) is 20.8. The van der Waals surface area contributed by atoms with Gasteiger partial charge in [0.25, 0.3) is 11.8 Å². The summed E-state index contributed by atoms with van der Waals surface area (Å²) < 4.78 is 21.8. The molecule has 0 saturated carbocycles. The highest BCUT2D eigenvalue weighted by atomic mass is 16.5. The second-order valence-electron chi connectivity index (χ2n) is 7.60. The Labute approximate surface area is 211 Å². The van der Waals surface area contributed by atoms with E-state index in [1.807, 2.05) is 13.8 Å². The molecule has 190 valence electrons. The van der Waals surface area contributed by atoms with Crippen LogP contribution >= 0.6 is 0 Å². The maximum Gasteiger partial charge on any atom is 0.255 e. The minimum absolute atomic E-state index is 0.323. The highest BCUT2D eigenvalue weighted by molar-refractivity contribution is 6.10. The average molecular weight is 493 g/mol. The predicted octanol–water partition coefficient (Wildman–Crippen LogP) is 5.02. The zero-order valence-electron chi connectivity index (χ0n) is 20.6. The lowest BCUT2D eigenvalue weighted by molar-refractivity contribution is 0.101. The van der Waals surface area contributed by atoms with Crippen molar-refractivity contribution in [3.63, 3.8) is 0 Å². The van der Waals surface area contributed by atoms with Crippen molar-refractivity contribution in [1.29, 1.82) is 0 Å². The number of amides is 2. The van der Waals surface area contributed by atoms with Crippen LogP contribution in [0.2, 0.25) is 0 Å². The first-order valence-corrected chi connectivity index (χ1v) is 11.9. The Kier molecular flexibility index (Phi) is 10.8. The molecule has 0 saturated heterocycles. The fourth-order valence-electron chi connectivity index (χ4n) is 3.27. The van der Waals surface area contributed by atoms with Gasteiger partial charge < -0.3 is 29.6 Å². The van der Waals surface area contributed by atoms with Crippen LogP contribution in [-0.2, 0) is 9.47 Å². The third kappa shape index (κ3) is 8.41. The molecule has 0 aromatic heterocycles. The van der Waals surface area contributed by atoms with E-state index in [4.69, 9.17) is 18.9 Å². The van der Waals surface area contributed by atoms with E-state index in [0.29, 0.717) is 73.6 Å². The number of hydrogen-bond donors (Lipinski definition) is 2. The molecule has 8 heteroatoms. The highest BCUT2D eigenvalue weighted by Crippen LogP contribution is 2.24. The molecule has 0 aliphatic rings. The molecule has 0 spiro atoms. The van der Waals surface area contributed by atoms with Crippen molar-refractivity contribution in [3.05, 3.63) is 83.9 Å². The van der Waals surface area contributed by atoms with Crippen LogP contribution in [0.1, 0.15) is 34.6 Å². The molecule has 2 amide bonds. The fraction of sp³-hybridized carbons (Fsp3) is 0.286. The van der Waals surface area contributed by atoms with E-state index in [1.165, 1.54) is 0 Å². The Morgan fingerprint density at radius 1 is 0.611 bits per heavy atom. The van der Waals surface area contributed by atoms with E-state index in [9.17, 15) is 9.59 Å². The molecule has 0 fully saturated rings. The van der Waals surface area contributed by atoms with Crippen molar-refractivity contribution in [3.8, 4) is 11.5 Å². The molecule has 3 aromatic rings. The Balaban J connectivity index is 1.64. The summed E-state index contributed by atoms with van der Waals surface area (Å²) in [5, 5.41) is 5.73. The summed E-state index contributed by atoms with van der Waals surface area (Å²) in [6.45, 7) is 6.82. The number of ether oxygens (including phenoxy) is 4. The number of hydrogen-bond acceptors (Lipinski definition) is 6. The molecule has 2 N–H and O–H groups in total. The smallest absolute Gasteiger partial charge is 0.255 e. The maximum atomic E-state index is 12.9. The number of nitrogens with one attached hydrogen (secondary N) is 2. The molecule has 0 heterocycles. The molecule has 0 bridgehead atoms. The minimum atomic E-state index is -0.323. The van der Waals surface area contributed by atoms with Gasteiger partial charge in [0.05, 0.1) is 24.6 Å². The van der Waals surface area contributed by atoms with Gasteiger partial charge in [0, 0.05) is 24.3 Å². The van der Waals surface area contributed by atoms with Gasteiger partial charge in [-0.1, -0.05) is 24.3 Å². The highest BCUT2D eigenvalue weighted by Gasteiger charge is 2.13. The summed E-state index contributed by atoms with van der Waals surface area (Å²) in [5.41, 5.74) is 1.81. The van der Waals surface area contributed by atoms with E-state index in [2.05, 4.69) is 10.6 Å². The van der Waals surface area contributed by atoms with Crippen molar-refractivity contribution < 1.29 is 28.5 Å². The summed E-state index contributed by atoms with van der Waals surface area (Å²) >= 11 is 0. The quantitative estimate of drug-likeness (QED) is 0.307. The van der Waals surface area contributed by atoms with Crippen LogP contribution in [0.5, 0.6) is 11.5 Å². The van der Waals surface area contributed by atoms with E-state index in [1.54, 1.807) is 72.8 Å². The predicted molar refractivity (Wildman–Crippen MR) is 139 cm³/mol. The monoisotopic (exact) mass is 492 g/mol. The molecule has 8 nitrogen and oxygen atoms in total. The first-order valence-electron chi connectivity index (χ1n) is 11.9. The third-order valence-corrected chi connectivity index (χ3v) is 5.02. The lowest BCUT2D eigenvalue weighted by atomic mass is 10.1. The van der Waals surface area contributed by atoms with Crippen LogP contribution in [0.3, 0.4) is 0 Å². The Morgan fingerprint density at radius 2 is 1.06 bits per heavy atom. The molecular formula is C28H32N2O6. The first kappa shape index (κ1) is 26.7. The number of benzene rings is 3. The topological polar surface area (TPSA) is 95.1 Å². The van der Waals surface area contributed by atoms with Crippen molar-refractivity contribution in [2.24, 2.45) is 0 Å². The Morgan fingerprint density at radius 3 is 1.47 bits per heavy atom. The van der Waals surface area contributed by atoms with Gasteiger partial charge in [0.1, 0.15) is 24.7 Å². The molecule has 3 rings (SSSR count). The minimum Gasteiger partial charge on any atom is -0.491 e. The van der Waals surface area contributed by atoms with Gasteiger partial charge in [0.2, 0.25) is 0 Å². The fourth-order valence-corrected chi connectivity index (χ4v) is 3.27. The van der Waals surface area contributed by atoms with Crippen LogP contribution in [0.4, 0.5) is 11.4 Å². The van der Waals surface area contributed by atoms with Gasteiger partial charge in [-0.2, -0.15) is 0 Å². The van der Waals surface area contributed by atoms with Gasteiger partial charge in [-0.05, 0) is 62.4 Å². The van der Waals surface area contributed by atoms with Crippen molar-refractivity contribution in [2.75, 3.05) is 50.3 Å². The van der Waals surface area contributed by atoms with Crippen LogP contribution in [-0.4, -0.2) is 51.5 Å². The third-order valence-electron chi connectivity index (χ3n) is 5.02. The lowest BCUT2D eigenvalue weighted by Crippen LogP contribution is -2.17. The van der Waals surface area contributed by atoms with E-state index < -0.39 is 0 Å². The lowest BCUT2D eigenvalue weighted by Gasteiger charge is -2.13. The normalized spacial score (nSPS) is 10.5. The van der Waals surface area contributed by atoms with Crippen LogP contribution in [0.25, 0.3) is 0 Å². The Bertz CT molecular complexity index is 1050. The summed E-state index contributed by atoms with van der Waals surface area (Å²) in [5.74, 6) is 0.507. The molecule has 3 aromatic carbocycles. The number of carbonyl (C=O) groups is 2. The van der Waals surface area contributed by atoms with Gasteiger partial charge >= 0.3 is 0 Å². The maximum absolute atomic E-state index is 12.9. The van der Waals surface area contributed by atoms with Gasteiger partial charge in [-0.3, -0.25) is 9.59 Å². The van der Waals surface area contributed by atoms with Gasteiger partial charge in [-0.25, -0.2) is 0 Å². The number of carbonyl (C=O) groups excluding carboxylic acids is 2. The van der Waals surface area contributed by atoms with Crippen LogP contribution in [0, 0.1) is 0 Å². The second-order valence-corrected chi connectivity index (χ2v) is 7.60. The van der Waals surface area contributed by atoms with Gasteiger partial charge in [-0.15, -0.1) is 0 Å². The summed E-state index contributed by atoms with van der Waals surface area (Å²) in [4.78, 5) is 25.8. The first-order chi connectivity index (χ1) is 17.6. The average Bonchev–Trinajstić information content (AvgIpc) is 2.90. The zero-order chi connectivity index (χ0) is 25.6. The SMILES string of the molecule is CCOCCOc1cccc(C(=O)Nc2ccccc2NC(=O)c2cccc(OCCOCC)c2)c1. The van der Waals surface area contributed by atoms with Crippen LogP contribution in [0.15, 0.2) is 72.8 Å². The summed E-state index contributed by atoms with van der Waals surface area (Å²) in [6.07, 6.45) is 0. The molecule has 0 atom stereocenters. The van der Waals surface area contributed by atoms with Crippen molar-refractivity contribution >= 4 is 23.2 Å². The summed E-state index contributed by atoms with van der Waals surface area (Å²) in [7, 11) is 0. The molecular weight excluding hydrogens is 460 g/mol.